The Labute approximate surface area is 175 Å². The van der Waals surface area contributed by atoms with Crippen molar-refractivity contribution in [2.24, 2.45) is 0 Å². The number of para-hydroxylation sites is 1. The van der Waals surface area contributed by atoms with E-state index in [0.29, 0.717) is 33.5 Å². The lowest BCUT2D eigenvalue weighted by molar-refractivity contribution is 0.102. The van der Waals surface area contributed by atoms with Crippen molar-refractivity contribution < 1.29 is 9.21 Å². The number of benzene rings is 3. The Balaban J connectivity index is 1.66. The van der Waals surface area contributed by atoms with Gasteiger partial charge in [-0.05, 0) is 36.4 Å². The van der Waals surface area contributed by atoms with E-state index in [4.69, 9.17) is 16.0 Å². The molecular formula is C22H14BrClN2O2. The lowest BCUT2D eigenvalue weighted by Crippen LogP contribution is -2.13. The standard InChI is InChI=1S/C22H14BrClN2O2/c23-15-11-9-14(10-12-15)20-13-25-22(28-20)17-6-2-1-5-16(17)21(27)26-19-8-4-3-7-18(19)24/h1-13H,(H,26,27). The molecule has 4 nitrogen and oxygen atoms in total. The third kappa shape index (κ3) is 3.86. The SMILES string of the molecule is O=C(Nc1ccccc1Cl)c1ccccc1-c1ncc(-c2ccc(Br)cc2)o1. The Hall–Kier alpha value is -2.89. The number of rotatable bonds is 4. The zero-order valence-electron chi connectivity index (χ0n) is 14.5. The van der Waals surface area contributed by atoms with Crippen molar-refractivity contribution in [1.82, 2.24) is 4.98 Å². The van der Waals surface area contributed by atoms with Gasteiger partial charge in [0.2, 0.25) is 5.89 Å². The second-order valence-electron chi connectivity index (χ2n) is 6.02. The van der Waals surface area contributed by atoms with Crippen LogP contribution in [0.2, 0.25) is 5.02 Å². The minimum Gasteiger partial charge on any atom is -0.436 e. The molecule has 1 aromatic heterocycles. The van der Waals surface area contributed by atoms with E-state index >= 15 is 0 Å². The van der Waals surface area contributed by atoms with Crippen molar-refractivity contribution in [2.75, 3.05) is 5.32 Å². The summed E-state index contributed by atoms with van der Waals surface area (Å²) in [5.74, 6) is 0.721. The first-order valence-corrected chi connectivity index (χ1v) is 9.66. The Morgan fingerprint density at radius 2 is 1.68 bits per heavy atom. The van der Waals surface area contributed by atoms with Crippen LogP contribution in [0.4, 0.5) is 5.69 Å². The molecule has 0 spiro atoms. The Bertz CT molecular complexity index is 1140. The highest BCUT2D eigenvalue weighted by atomic mass is 79.9. The van der Waals surface area contributed by atoms with Crippen molar-refractivity contribution in [3.8, 4) is 22.8 Å². The fraction of sp³-hybridized carbons (Fsp3) is 0. The van der Waals surface area contributed by atoms with Crippen molar-refractivity contribution in [1.29, 1.82) is 0 Å². The van der Waals surface area contributed by atoms with Crippen LogP contribution in [0.1, 0.15) is 10.4 Å². The molecule has 4 rings (SSSR count). The summed E-state index contributed by atoms with van der Waals surface area (Å²) in [7, 11) is 0. The zero-order valence-corrected chi connectivity index (χ0v) is 16.9. The maximum absolute atomic E-state index is 12.8. The Kier molecular flexibility index (Phi) is 5.28. The fourth-order valence-corrected chi connectivity index (χ4v) is 3.21. The zero-order chi connectivity index (χ0) is 19.5. The molecule has 0 saturated carbocycles. The molecule has 0 saturated heterocycles. The Morgan fingerprint density at radius 1 is 0.964 bits per heavy atom. The van der Waals surface area contributed by atoms with Gasteiger partial charge in [0, 0.05) is 15.6 Å². The summed E-state index contributed by atoms with van der Waals surface area (Å²) in [5.41, 5.74) is 2.51. The number of carbonyl (C=O) groups is 1. The van der Waals surface area contributed by atoms with E-state index in [1.165, 1.54) is 0 Å². The van der Waals surface area contributed by atoms with Crippen LogP contribution in [0.3, 0.4) is 0 Å². The molecule has 1 amide bonds. The van der Waals surface area contributed by atoms with Gasteiger partial charge in [0.05, 0.1) is 22.5 Å². The molecule has 0 bridgehead atoms. The van der Waals surface area contributed by atoms with Crippen LogP contribution in [0.5, 0.6) is 0 Å². The highest BCUT2D eigenvalue weighted by Crippen LogP contribution is 2.30. The smallest absolute Gasteiger partial charge is 0.256 e. The van der Waals surface area contributed by atoms with E-state index < -0.39 is 0 Å². The van der Waals surface area contributed by atoms with Gasteiger partial charge in [-0.25, -0.2) is 4.98 Å². The quantitative estimate of drug-likeness (QED) is 0.375. The molecule has 138 valence electrons. The maximum Gasteiger partial charge on any atom is 0.256 e. The van der Waals surface area contributed by atoms with Crippen LogP contribution >= 0.6 is 27.5 Å². The van der Waals surface area contributed by atoms with Crippen molar-refractivity contribution >= 4 is 39.1 Å². The molecule has 0 unspecified atom stereocenters. The minimum atomic E-state index is -0.285. The molecule has 1 N–H and O–H groups in total. The van der Waals surface area contributed by atoms with Crippen molar-refractivity contribution in [3.63, 3.8) is 0 Å². The number of carbonyl (C=O) groups excluding carboxylic acids is 1. The number of halogens is 2. The van der Waals surface area contributed by atoms with Crippen LogP contribution in [-0.2, 0) is 0 Å². The average molecular weight is 454 g/mol. The molecular weight excluding hydrogens is 440 g/mol. The first-order chi connectivity index (χ1) is 13.6. The predicted molar refractivity (Wildman–Crippen MR) is 114 cm³/mol. The van der Waals surface area contributed by atoms with Crippen LogP contribution < -0.4 is 5.32 Å². The third-order valence-corrected chi connectivity index (χ3v) is 5.02. The van der Waals surface area contributed by atoms with E-state index in [2.05, 4.69) is 26.2 Å². The summed E-state index contributed by atoms with van der Waals surface area (Å²) in [4.78, 5) is 17.2. The highest BCUT2D eigenvalue weighted by Gasteiger charge is 2.17. The summed E-state index contributed by atoms with van der Waals surface area (Å²) in [5, 5.41) is 3.31. The molecule has 0 radical (unpaired) electrons. The number of aromatic nitrogens is 1. The van der Waals surface area contributed by atoms with Gasteiger partial charge < -0.3 is 9.73 Å². The topological polar surface area (TPSA) is 55.1 Å². The van der Waals surface area contributed by atoms with E-state index in [9.17, 15) is 4.79 Å². The molecule has 0 fully saturated rings. The largest absolute Gasteiger partial charge is 0.436 e. The third-order valence-electron chi connectivity index (χ3n) is 4.16. The number of nitrogens with zero attached hydrogens (tertiary/aromatic N) is 1. The normalized spacial score (nSPS) is 10.6. The first kappa shape index (κ1) is 18.5. The van der Waals surface area contributed by atoms with Gasteiger partial charge >= 0.3 is 0 Å². The minimum absolute atomic E-state index is 0.285. The number of oxazole rings is 1. The molecule has 0 aliphatic carbocycles. The van der Waals surface area contributed by atoms with E-state index in [0.717, 1.165) is 10.0 Å². The predicted octanol–water partition coefficient (Wildman–Crippen LogP) is 6.68. The van der Waals surface area contributed by atoms with Gasteiger partial charge in [0.1, 0.15) is 0 Å². The lowest BCUT2D eigenvalue weighted by atomic mass is 10.1. The number of nitrogens with one attached hydrogen (secondary N) is 1. The van der Waals surface area contributed by atoms with Crippen molar-refractivity contribution in [2.45, 2.75) is 0 Å². The van der Waals surface area contributed by atoms with Crippen molar-refractivity contribution in [3.05, 3.63) is 94.1 Å². The fourth-order valence-electron chi connectivity index (χ4n) is 2.77. The maximum atomic E-state index is 12.8. The molecule has 3 aromatic carbocycles. The molecule has 0 aliphatic heterocycles. The monoisotopic (exact) mass is 452 g/mol. The summed E-state index contributed by atoms with van der Waals surface area (Å²) in [6.45, 7) is 0. The molecule has 1 heterocycles. The first-order valence-electron chi connectivity index (χ1n) is 8.49. The van der Waals surface area contributed by atoms with Crippen LogP contribution in [0, 0.1) is 0 Å². The van der Waals surface area contributed by atoms with E-state index in [-0.39, 0.29) is 5.91 Å². The summed E-state index contributed by atoms with van der Waals surface area (Å²) >= 11 is 9.56. The Morgan fingerprint density at radius 3 is 2.46 bits per heavy atom. The van der Waals surface area contributed by atoms with Crippen LogP contribution in [0.15, 0.2) is 87.9 Å². The molecule has 4 aromatic rings. The summed E-state index contributed by atoms with van der Waals surface area (Å²) < 4.78 is 6.91. The van der Waals surface area contributed by atoms with Crippen LogP contribution in [0.25, 0.3) is 22.8 Å². The average Bonchev–Trinajstić information content (AvgIpc) is 3.20. The van der Waals surface area contributed by atoms with Gasteiger partial charge in [0.25, 0.3) is 5.91 Å². The number of anilines is 1. The second-order valence-corrected chi connectivity index (χ2v) is 7.34. The van der Waals surface area contributed by atoms with E-state index in [1.54, 1.807) is 36.5 Å². The number of hydrogen-bond donors (Lipinski definition) is 1. The van der Waals surface area contributed by atoms with Gasteiger partial charge in [0.15, 0.2) is 5.76 Å². The summed E-state index contributed by atoms with van der Waals surface area (Å²) in [6.07, 6.45) is 1.65. The molecule has 0 atom stereocenters. The van der Waals surface area contributed by atoms with Gasteiger partial charge in [-0.15, -0.1) is 0 Å². The molecule has 0 aliphatic rings. The van der Waals surface area contributed by atoms with Gasteiger partial charge in [-0.3, -0.25) is 4.79 Å². The molecule has 28 heavy (non-hydrogen) atoms. The molecule has 6 heteroatoms. The van der Waals surface area contributed by atoms with E-state index in [1.807, 2.05) is 42.5 Å². The van der Waals surface area contributed by atoms with Gasteiger partial charge in [-0.2, -0.15) is 0 Å². The number of amides is 1. The lowest BCUT2D eigenvalue weighted by Gasteiger charge is -2.09. The van der Waals surface area contributed by atoms with Gasteiger partial charge in [-0.1, -0.05) is 63.9 Å². The van der Waals surface area contributed by atoms with Crippen LogP contribution in [-0.4, -0.2) is 10.9 Å². The second kappa shape index (κ2) is 8.00. The number of hydrogen-bond acceptors (Lipinski definition) is 3. The summed E-state index contributed by atoms with van der Waals surface area (Å²) in [6, 6.07) is 22.0. The highest BCUT2D eigenvalue weighted by molar-refractivity contribution is 9.10.